The van der Waals surface area contributed by atoms with Gasteiger partial charge in [0.15, 0.2) is 5.82 Å². The Hall–Kier alpha value is -6.27. The van der Waals surface area contributed by atoms with Crippen LogP contribution < -0.4 is 15.9 Å². The molecule has 0 spiro atoms. The normalized spacial score (nSPS) is 15.3. The number of nitrogens with one attached hydrogen (secondary N) is 1. The Morgan fingerprint density at radius 1 is 0.653 bits per heavy atom. The van der Waals surface area contributed by atoms with Crippen LogP contribution in [0.5, 0.6) is 0 Å². The van der Waals surface area contributed by atoms with Gasteiger partial charge in [0.05, 0.1) is 28.8 Å². The van der Waals surface area contributed by atoms with Gasteiger partial charge >= 0.3 is 0 Å². The van der Waals surface area contributed by atoms with E-state index in [-0.39, 0.29) is 0 Å². The van der Waals surface area contributed by atoms with Crippen LogP contribution >= 0.6 is 0 Å². The average Bonchev–Trinajstić information content (AvgIpc) is 3.68. The van der Waals surface area contributed by atoms with Crippen molar-refractivity contribution in [1.82, 2.24) is 19.1 Å². The summed E-state index contributed by atoms with van der Waals surface area (Å²) in [4.78, 5) is 15.9. The number of nitrogens with zero attached hydrogens (tertiary/aromatic N) is 5. The maximum Gasteiger partial charge on any atom is 0.237 e. The van der Waals surface area contributed by atoms with Gasteiger partial charge in [-0.3, -0.25) is 4.57 Å². The predicted octanol–water partition coefficient (Wildman–Crippen LogP) is 8.33. The third-order valence-electron chi connectivity index (χ3n) is 9.89. The van der Waals surface area contributed by atoms with E-state index in [0.717, 1.165) is 67.7 Å². The summed E-state index contributed by atoms with van der Waals surface area (Å²) in [6, 6.07) is 44.6. The van der Waals surface area contributed by atoms with Gasteiger partial charge in [-0.2, -0.15) is 4.98 Å². The molecule has 0 fully saturated rings. The van der Waals surface area contributed by atoms with E-state index in [1.165, 1.54) is 16.0 Å². The molecule has 6 heteroatoms. The molecular weight excluding hydrogens is 601 g/mol. The molecule has 1 aliphatic carbocycles. The molecule has 0 saturated heterocycles. The Morgan fingerprint density at radius 2 is 1.33 bits per heavy atom. The van der Waals surface area contributed by atoms with Gasteiger partial charge in [0, 0.05) is 38.0 Å². The second-order valence-corrected chi connectivity index (χ2v) is 13.0. The first kappa shape index (κ1) is 27.8. The lowest BCUT2D eigenvalue weighted by atomic mass is 10.0. The zero-order valence-electron chi connectivity index (χ0n) is 27.0. The molecule has 10 rings (SSSR count). The maximum atomic E-state index is 5.40. The Kier molecular flexibility index (Phi) is 6.18. The lowest BCUT2D eigenvalue weighted by Crippen LogP contribution is -2.31. The minimum absolute atomic E-state index is 0.463. The highest BCUT2D eigenvalue weighted by molar-refractivity contribution is 6.18. The molecule has 8 aromatic rings. The number of fused-ring (bicyclic) bond motifs is 8. The van der Waals surface area contributed by atoms with Crippen LogP contribution in [0.25, 0.3) is 67.8 Å². The van der Waals surface area contributed by atoms with E-state index in [9.17, 15) is 0 Å². The highest BCUT2D eigenvalue weighted by Crippen LogP contribution is 2.40. The molecule has 1 unspecified atom stereocenters. The van der Waals surface area contributed by atoms with Crippen molar-refractivity contribution >= 4 is 62.1 Å². The van der Waals surface area contributed by atoms with Crippen molar-refractivity contribution in [2.45, 2.75) is 13.3 Å². The molecule has 0 amide bonds. The van der Waals surface area contributed by atoms with E-state index in [4.69, 9.17) is 15.0 Å². The summed E-state index contributed by atoms with van der Waals surface area (Å²) in [5.41, 5.74) is 9.16. The van der Waals surface area contributed by atoms with Crippen LogP contribution in [-0.4, -0.2) is 31.4 Å². The first-order chi connectivity index (χ1) is 24.2. The van der Waals surface area contributed by atoms with Gasteiger partial charge in [-0.25, -0.2) is 9.98 Å². The quantitative estimate of drug-likeness (QED) is 0.212. The van der Waals surface area contributed by atoms with Crippen molar-refractivity contribution in [3.8, 4) is 22.9 Å². The zero-order chi connectivity index (χ0) is 32.5. The summed E-state index contributed by atoms with van der Waals surface area (Å²) in [6.07, 6.45) is 5.84. The molecule has 3 aromatic heterocycles. The smallest absolute Gasteiger partial charge is 0.237 e. The number of benzene rings is 5. The lowest BCUT2D eigenvalue weighted by molar-refractivity contribution is 0.795. The third kappa shape index (κ3) is 4.30. The summed E-state index contributed by atoms with van der Waals surface area (Å²) in [5.74, 6) is 1.70. The largest absolute Gasteiger partial charge is 0.375 e. The van der Waals surface area contributed by atoms with E-state index in [1.807, 2.05) is 12.1 Å². The topological polar surface area (TPSA) is 60.0 Å². The summed E-state index contributed by atoms with van der Waals surface area (Å²) in [5, 5.41) is 9.72. The second kappa shape index (κ2) is 10.9. The highest BCUT2D eigenvalue weighted by atomic mass is 15.2. The van der Waals surface area contributed by atoms with Crippen LogP contribution in [0.1, 0.15) is 18.9 Å². The monoisotopic (exact) mass is 632 g/mol. The molecular formula is C43H32N6. The first-order valence-electron chi connectivity index (χ1n) is 16.9. The molecule has 1 aliphatic heterocycles. The summed E-state index contributed by atoms with van der Waals surface area (Å²) in [6.45, 7) is 2.89. The van der Waals surface area contributed by atoms with Gasteiger partial charge in [-0.1, -0.05) is 128 Å². The van der Waals surface area contributed by atoms with Crippen LogP contribution in [0.3, 0.4) is 0 Å². The Balaban J connectivity index is 1.36. The fourth-order valence-corrected chi connectivity index (χ4v) is 7.66. The molecule has 6 nitrogen and oxygen atoms in total. The van der Waals surface area contributed by atoms with Gasteiger partial charge in [-0.05, 0) is 36.1 Å². The van der Waals surface area contributed by atoms with Gasteiger partial charge in [0.25, 0.3) is 0 Å². The second-order valence-electron chi connectivity index (χ2n) is 13.0. The summed E-state index contributed by atoms with van der Waals surface area (Å²) in [7, 11) is 0. The number of hydrogen-bond acceptors (Lipinski definition) is 4. The van der Waals surface area contributed by atoms with E-state index >= 15 is 0 Å². The fraction of sp³-hybridized carbons (Fsp3) is 0.0930. The number of aromatic nitrogens is 4. The Morgan fingerprint density at radius 3 is 2.12 bits per heavy atom. The predicted molar refractivity (Wildman–Crippen MR) is 202 cm³/mol. The van der Waals surface area contributed by atoms with Crippen LogP contribution in [0.15, 0.2) is 132 Å². The number of aliphatic imine (C=N–C) groups is 1. The third-order valence-corrected chi connectivity index (χ3v) is 9.89. The number of rotatable bonds is 4. The first-order valence-corrected chi connectivity index (χ1v) is 16.9. The van der Waals surface area contributed by atoms with E-state index < -0.39 is 0 Å². The minimum atomic E-state index is 0.463. The van der Waals surface area contributed by atoms with Crippen LogP contribution in [0, 0.1) is 5.92 Å². The molecule has 234 valence electrons. The van der Waals surface area contributed by atoms with Gasteiger partial charge in [0.1, 0.15) is 11.4 Å². The zero-order valence-corrected chi connectivity index (χ0v) is 27.0. The van der Waals surface area contributed by atoms with Crippen molar-refractivity contribution in [3.05, 3.63) is 144 Å². The van der Waals surface area contributed by atoms with E-state index in [0.29, 0.717) is 24.2 Å². The Bertz CT molecular complexity index is 2740. The highest BCUT2D eigenvalue weighted by Gasteiger charge is 2.26. The molecule has 4 heterocycles. The van der Waals surface area contributed by atoms with Crippen molar-refractivity contribution in [3.63, 3.8) is 0 Å². The molecule has 2 aliphatic rings. The van der Waals surface area contributed by atoms with Crippen molar-refractivity contribution in [1.29, 1.82) is 0 Å². The van der Waals surface area contributed by atoms with Gasteiger partial charge in [0.2, 0.25) is 5.95 Å². The molecule has 0 saturated carbocycles. The molecule has 1 N–H and O–H groups in total. The van der Waals surface area contributed by atoms with Crippen molar-refractivity contribution in [2.24, 2.45) is 10.9 Å². The molecule has 0 radical (unpaired) electrons. The van der Waals surface area contributed by atoms with Gasteiger partial charge in [-0.15, -0.1) is 0 Å². The summed E-state index contributed by atoms with van der Waals surface area (Å²) < 4.78 is 4.70. The SMILES string of the molecule is CC1C=c2c(n(-c3ccccc3)c3c2ccc2c4ccccc4n(-c4nc5c(c(-c6ccccc6)n4)NCC(c4ccccc4)=N5)c23)=CC1. The minimum Gasteiger partial charge on any atom is -0.375 e. The van der Waals surface area contributed by atoms with Gasteiger partial charge < -0.3 is 9.88 Å². The number of anilines is 1. The van der Waals surface area contributed by atoms with Crippen LogP contribution in [-0.2, 0) is 0 Å². The molecule has 0 bridgehead atoms. The molecule has 1 atom stereocenters. The lowest BCUT2D eigenvalue weighted by Gasteiger charge is -2.21. The average molecular weight is 633 g/mol. The fourth-order valence-electron chi connectivity index (χ4n) is 7.66. The van der Waals surface area contributed by atoms with E-state index in [1.54, 1.807) is 0 Å². The number of para-hydroxylation sites is 2. The number of hydrogen-bond donors (Lipinski definition) is 1. The van der Waals surface area contributed by atoms with Crippen LogP contribution in [0.2, 0.25) is 0 Å². The van der Waals surface area contributed by atoms with Crippen molar-refractivity contribution in [2.75, 3.05) is 11.9 Å². The summed E-state index contributed by atoms with van der Waals surface area (Å²) >= 11 is 0. The molecule has 5 aromatic carbocycles. The maximum absolute atomic E-state index is 5.40. The van der Waals surface area contributed by atoms with Crippen LogP contribution in [0.4, 0.5) is 11.5 Å². The standard InChI is InChI=1S/C43H32N6/c1-27-21-24-37-34(25-27)33-23-22-32-31-19-11-12-20-36(31)49(41(32)40(33)48(37)30-17-9-4-10-18-30)43-46-38(29-15-7-3-8-16-29)39-42(47-43)45-35(26-44-39)28-13-5-2-6-14-28/h2-20,22-25,27,44H,21,26H2,1H3. The molecule has 49 heavy (non-hydrogen) atoms. The van der Waals surface area contributed by atoms with Crippen molar-refractivity contribution < 1.29 is 0 Å². The van der Waals surface area contributed by atoms with E-state index in [2.05, 4.69) is 149 Å². The Labute approximate surface area is 283 Å².